The number of ether oxygens (including phenoxy) is 5. The van der Waals surface area contributed by atoms with Crippen molar-refractivity contribution in [2.45, 2.75) is 185 Å². The van der Waals surface area contributed by atoms with Gasteiger partial charge in [-0.2, -0.15) is 0 Å². The van der Waals surface area contributed by atoms with Crippen molar-refractivity contribution in [1.82, 2.24) is 69.1 Å². The van der Waals surface area contributed by atoms with Gasteiger partial charge in [-0.05, 0) is 111 Å². The van der Waals surface area contributed by atoms with Crippen molar-refractivity contribution in [3.05, 3.63) is 215 Å². The number of rotatable bonds is 50. The second kappa shape index (κ2) is 53.3. The van der Waals surface area contributed by atoms with Gasteiger partial charge in [0.25, 0.3) is 0 Å². The van der Waals surface area contributed by atoms with E-state index < -0.39 is 182 Å². The minimum atomic E-state index is -1.90. The molecule has 0 aliphatic carbocycles. The van der Waals surface area contributed by atoms with Crippen LogP contribution in [0.2, 0.25) is 0 Å². The summed E-state index contributed by atoms with van der Waals surface area (Å²) in [5.41, 5.74) is 9.55. The summed E-state index contributed by atoms with van der Waals surface area (Å²) in [5, 5.41) is 64.0. The molecule has 36 nitrogen and oxygen atoms in total. The van der Waals surface area contributed by atoms with Gasteiger partial charge in [-0.25, -0.2) is 28.8 Å². The number of unbranched alkanes of at least 4 members (excludes halogenated alkanes) is 1. The standard InChI is InChI=1S/C85H110N14O22/c1-54(2)47-68(77(107)94-64(38-43-87-81(112)117-49-58-27-13-6-14-28-58)73(103)93-67(76(106)98-71(56(4)101)80(110)111)41-46-90-84(115)120-52-61-33-19-9-20-34-61)96-78(108)69(48-57-25-11-5-12-26-57)97-75(105)65(39-44-88-82(113)118-50-59-29-15-7-16-30-59)92-72(102)63(37-23-24-42-86)91-74(104)66(40-45-89-83(114)119-51-60-31-17-8-18-32-60)95-79(109)70(55(3)100)99-85(116)121-53-62-35-21-10-22-36-62/h5-22,25-36,54-56,63-71,100-101H,23-24,37-53,86H2,1-4H3,(H,87,112)(H,88,113)(H,89,114)(H,90,115)(H,91,104)(H,92,102)(H,93,103)(H,94,107)(H,95,109)(H,96,108)(H,97,105)(H,98,106)(H,99,116)(H,110,111)/t55-,56-,63+,64+,65+,66+,67+,68+,69-,70+,71+/m1/s1. The Morgan fingerprint density at radius 2 is 0.554 bits per heavy atom. The normalized spacial score (nSPS) is 13.6. The molecule has 0 heterocycles. The second-order valence-electron chi connectivity index (χ2n) is 28.6. The lowest BCUT2D eigenvalue weighted by Gasteiger charge is -2.29. The number of aliphatic carboxylic acids is 1. The monoisotopic (exact) mass is 1680 g/mol. The Kier molecular flexibility index (Phi) is 42.5. The third-order valence-corrected chi connectivity index (χ3v) is 18.3. The van der Waals surface area contributed by atoms with Crippen LogP contribution in [0.3, 0.4) is 0 Å². The summed E-state index contributed by atoms with van der Waals surface area (Å²) in [6.07, 6.45) is -9.92. The van der Waals surface area contributed by atoms with Crippen LogP contribution in [0.5, 0.6) is 0 Å². The average Bonchev–Trinajstić information content (AvgIpc) is 0.865. The van der Waals surface area contributed by atoms with E-state index in [9.17, 15) is 63.3 Å². The van der Waals surface area contributed by atoms with Crippen molar-refractivity contribution < 1.29 is 106 Å². The molecule has 0 saturated heterocycles. The maximum absolute atomic E-state index is 15.3. The van der Waals surface area contributed by atoms with E-state index in [2.05, 4.69) is 69.1 Å². The fraction of sp³-hybridized carbons (Fsp3) is 0.412. The fourth-order valence-corrected chi connectivity index (χ4v) is 11.8. The van der Waals surface area contributed by atoms with Crippen LogP contribution in [0.25, 0.3) is 0 Å². The van der Waals surface area contributed by atoms with Crippen molar-refractivity contribution in [2.75, 3.05) is 32.7 Å². The number of alkyl carbamates (subject to hydrolysis) is 5. The lowest BCUT2D eigenvalue weighted by molar-refractivity contribution is -0.145. The minimum absolute atomic E-state index is 0.124. The van der Waals surface area contributed by atoms with E-state index in [4.69, 9.17) is 29.4 Å². The molecule has 0 unspecified atom stereocenters. The smallest absolute Gasteiger partial charge is 0.408 e. The summed E-state index contributed by atoms with van der Waals surface area (Å²) < 4.78 is 26.8. The first-order valence-corrected chi connectivity index (χ1v) is 39.7. The molecule has 0 saturated carbocycles. The Labute approximate surface area is 700 Å². The maximum atomic E-state index is 15.3. The lowest BCUT2D eigenvalue weighted by atomic mass is 10.00. The molecule has 6 aromatic rings. The van der Waals surface area contributed by atoms with E-state index in [0.29, 0.717) is 39.8 Å². The zero-order valence-electron chi connectivity index (χ0n) is 67.9. The first-order valence-electron chi connectivity index (χ1n) is 39.7. The number of carbonyl (C=O) groups excluding carboxylic acids is 13. The first kappa shape index (κ1) is 96.6. The van der Waals surface area contributed by atoms with Crippen LogP contribution >= 0.6 is 0 Å². The van der Waals surface area contributed by atoms with Gasteiger partial charge in [-0.1, -0.05) is 196 Å². The van der Waals surface area contributed by atoms with Crippen LogP contribution in [-0.2, 0) is 106 Å². The molecule has 0 fully saturated rings. The highest BCUT2D eigenvalue weighted by atomic mass is 16.6. The Balaban J connectivity index is 1.30. The van der Waals surface area contributed by atoms with E-state index in [1.165, 1.54) is 6.92 Å². The number of benzene rings is 6. The summed E-state index contributed by atoms with van der Waals surface area (Å²) in [7, 11) is 0. The van der Waals surface area contributed by atoms with Crippen LogP contribution < -0.4 is 74.9 Å². The molecule has 121 heavy (non-hydrogen) atoms. The van der Waals surface area contributed by atoms with Crippen molar-refractivity contribution in [3.63, 3.8) is 0 Å². The van der Waals surface area contributed by atoms with E-state index in [1.807, 2.05) is 0 Å². The number of carboxylic acids is 1. The summed E-state index contributed by atoms with van der Waals surface area (Å²) in [6, 6.07) is 36.2. The Hall–Kier alpha value is -13.2. The minimum Gasteiger partial charge on any atom is -0.480 e. The molecule has 18 N–H and O–H groups in total. The number of carbonyl (C=O) groups is 14. The van der Waals surface area contributed by atoms with Gasteiger partial charge in [0.05, 0.1) is 12.2 Å². The van der Waals surface area contributed by atoms with Gasteiger partial charge >= 0.3 is 36.4 Å². The highest BCUT2D eigenvalue weighted by Gasteiger charge is 2.38. The highest BCUT2D eigenvalue weighted by molar-refractivity contribution is 5.98. The largest absolute Gasteiger partial charge is 0.480 e. The number of hydrogen-bond acceptors (Lipinski definition) is 22. The van der Waals surface area contributed by atoms with E-state index in [0.717, 1.165) is 6.92 Å². The predicted molar refractivity (Wildman–Crippen MR) is 439 cm³/mol. The molecule has 6 rings (SSSR count). The van der Waals surface area contributed by atoms with Gasteiger partial charge in [0.2, 0.25) is 47.3 Å². The van der Waals surface area contributed by atoms with Gasteiger partial charge in [0.1, 0.15) is 81.4 Å². The number of carboxylic acid groups (broad SMARTS) is 1. The zero-order valence-corrected chi connectivity index (χ0v) is 67.9. The Morgan fingerprint density at radius 3 is 0.851 bits per heavy atom. The van der Waals surface area contributed by atoms with Crippen LogP contribution in [0, 0.1) is 5.92 Å². The first-order chi connectivity index (χ1) is 58.1. The quantitative estimate of drug-likeness (QED) is 0.0191. The lowest BCUT2D eigenvalue weighted by Crippen LogP contribution is -2.61. The molecule has 0 radical (unpaired) electrons. The highest BCUT2D eigenvalue weighted by Crippen LogP contribution is 2.15. The van der Waals surface area contributed by atoms with Gasteiger partial charge < -0.3 is 114 Å². The number of aliphatic hydroxyl groups is 2. The Bertz CT molecular complexity index is 4260. The summed E-state index contributed by atoms with van der Waals surface area (Å²) in [4.78, 5) is 196. The molecule has 652 valence electrons. The van der Waals surface area contributed by atoms with Crippen molar-refractivity contribution in [1.29, 1.82) is 0 Å². The molecule has 11 atom stereocenters. The van der Waals surface area contributed by atoms with Crippen LogP contribution in [0.4, 0.5) is 24.0 Å². The third kappa shape index (κ3) is 37.5. The molecule has 6 aromatic carbocycles. The molecule has 0 aliphatic rings. The van der Waals surface area contributed by atoms with Gasteiger partial charge in [0, 0.05) is 32.6 Å². The number of nitrogens with one attached hydrogen (secondary N) is 13. The third-order valence-electron chi connectivity index (χ3n) is 18.3. The molecule has 0 aromatic heterocycles. The molecule has 13 amide bonds. The molecule has 0 bridgehead atoms. The van der Waals surface area contributed by atoms with Crippen molar-refractivity contribution >= 4 is 83.7 Å². The summed E-state index contributed by atoms with van der Waals surface area (Å²) in [5.74, 6) is -10.5. The molecular formula is C85H110N14O22. The fourth-order valence-electron chi connectivity index (χ4n) is 11.8. The number of hydrogen-bond donors (Lipinski definition) is 17. The molecule has 36 heteroatoms. The van der Waals surface area contributed by atoms with E-state index in [1.54, 1.807) is 196 Å². The van der Waals surface area contributed by atoms with Crippen molar-refractivity contribution in [3.8, 4) is 0 Å². The van der Waals surface area contributed by atoms with Crippen LogP contribution in [-0.4, -0.2) is 198 Å². The summed E-state index contributed by atoms with van der Waals surface area (Å²) in [6.45, 7) is 3.54. The molecule has 0 spiro atoms. The van der Waals surface area contributed by atoms with Gasteiger partial charge in [-0.3, -0.25) is 38.4 Å². The Morgan fingerprint density at radius 1 is 0.298 bits per heavy atom. The zero-order chi connectivity index (χ0) is 87.9. The topological polar surface area (TPSA) is 528 Å². The second-order valence-corrected chi connectivity index (χ2v) is 28.6. The van der Waals surface area contributed by atoms with Crippen LogP contribution in [0.15, 0.2) is 182 Å². The molecular weight excluding hydrogens is 1570 g/mol. The maximum Gasteiger partial charge on any atom is 0.408 e. The number of amides is 13. The van der Waals surface area contributed by atoms with Gasteiger partial charge in [-0.15, -0.1) is 0 Å². The van der Waals surface area contributed by atoms with E-state index >= 15 is 19.2 Å². The van der Waals surface area contributed by atoms with Gasteiger partial charge in [0.15, 0.2) is 6.04 Å². The SMILES string of the molecule is CC(C)C[C@H](NC(=O)[C@@H](Cc1ccccc1)NC(=O)[C@H](CCNC(=O)OCc1ccccc1)NC(=O)[C@H](CCCCN)NC(=O)[C@H](CCNC(=O)OCc1ccccc1)NC(=O)[C@@H](NC(=O)OCc1ccccc1)[C@@H](C)O)C(=O)N[C@@H](CCNC(=O)OCc1ccccc1)C(=O)N[C@@H](CCNC(=O)OCc1ccccc1)C(=O)N[C@H](C(=O)O)[C@@H](C)O. The predicted octanol–water partition coefficient (Wildman–Crippen LogP) is 3.69. The van der Waals surface area contributed by atoms with E-state index in [-0.39, 0.29) is 91.4 Å². The average molecular weight is 1680 g/mol. The molecule has 0 aliphatic heterocycles. The van der Waals surface area contributed by atoms with Crippen molar-refractivity contribution in [2.24, 2.45) is 11.7 Å². The van der Waals surface area contributed by atoms with Crippen LogP contribution in [0.1, 0.15) is 112 Å². The summed E-state index contributed by atoms with van der Waals surface area (Å²) >= 11 is 0. The number of aliphatic hydroxyl groups excluding tert-OH is 2. The number of nitrogens with two attached hydrogens (primary N) is 1.